The van der Waals surface area contributed by atoms with Crippen LogP contribution in [0.15, 0.2) is 42.7 Å². The molecule has 0 saturated carbocycles. The summed E-state index contributed by atoms with van der Waals surface area (Å²) in [4.78, 5) is 42.1. The molecule has 0 fully saturated rings. The Kier molecular flexibility index (Phi) is 6.26. The molecule has 10 heteroatoms. The third kappa shape index (κ3) is 4.72. The van der Waals surface area contributed by atoms with E-state index < -0.39 is 24.4 Å². The second kappa shape index (κ2) is 9.03. The first-order valence-corrected chi connectivity index (χ1v) is 9.04. The third-order valence-electron chi connectivity index (χ3n) is 4.26. The van der Waals surface area contributed by atoms with Gasteiger partial charge in [0.05, 0.1) is 19.3 Å². The number of rotatable bonds is 7. The molecule has 2 heterocycles. The van der Waals surface area contributed by atoms with Crippen LogP contribution in [0.2, 0.25) is 0 Å². The standard InChI is InChI=1S/C20H21N5O5/c1-13-18(19-21-8-5-9-25(19)23-13)20(28)30-12-17(27)24(2)11-16(26)22-14-6-4-7-15(10-14)29-3/h4-10H,11-12H2,1-3H3,(H,22,26). The van der Waals surface area contributed by atoms with Gasteiger partial charge in [0, 0.05) is 31.2 Å². The minimum Gasteiger partial charge on any atom is -0.497 e. The highest BCUT2D eigenvalue weighted by Gasteiger charge is 2.22. The Morgan fingerprint density at radius 2 is 2.03 bits per heavy atom. The molecule has 0 radical (unpaired) electrons. The summed E-state index contributed by atoms with van der Waals surface area (Å²) >= 11 is 0. The van der Waals surface area contributed by atoms with Crippen LogP contribution in [0, 0.1) is 6.92 Å². The maximum atomic E-state index is 12.4. The summed E-state index contributed by atoms with van der Waals surface area (Å²) in [5.41, 5.74) is 1.53. The predicted molar refractivity (Wildman–Crippen MR) is 107 cm³/mol. The number of fused-ring (bicyclic) bond motifs is 1. The molecule has 156 valence electrons. The molecule has 0 unspecified atom stereocenters. The fourth-order valence-electron chi connectivity index (χ4n) is 2.75. The number of amides is 2. The van der Waals surface area contributed by atoms with Crippen LogP contribution in [0.4, 0.5) is 5.69 Å². The Hall–Kier alpha value is -3.95. The van der Waals surface area contributed by atoms with Gasteiger partial charge in [0.25, 0.3) is 5.91 Å². The molecule has 0 aliphatic rings. The van der Waals surface area contributed by atoms with Gasteiger partial charge in [-0.15, -0.1) is 0 Å². The zero-order valence-corrected chi connectivity index (χ0v) is 16.8. The highest BCUT2D eigenvalue weighted by molar-refractivity contribution is 5.98. The average Bonchev–Trinajstić information content (AvgIpc) is 3.07. The second-order valence-electron chi connectivity index (χ2n) is 6.45. The highest BCUT2D eigenvalue weighted by atomic mass is 16.5. The first-order valence-electron chi connectivity index (χ1n) is 9.04. The monoisotopic (exact) mass is 411 g/mol. The van der Waals surface area contributed by atoms with Crippen LogP contribution in [-0.2, 0) is 14.3 Å². The van der Waals surface area contributed by atoms with Gasteiger partial charge in [-0.2, -0.15) is 5.10 Å². The van der Waals surface area contributed by atoms with Crippen LogP contribution in [0.3, 0.4) is 0 Å². The van der Waals surface area contributed by atoms with Crippen molar-refractivity contribution in [3.05, 3.63) is 54.0 Å². The molecule has 1 aromatic carbocycles. The Balaban J connectivity index is 1.54. The maximum Gasteiger partial charge on any atom is 0.344 e. The van der Waals surface area contributed by atoms with Gasteiger partial charge in [-0.1, -0.05) is 6.07 Å². The lowest BCUT2D eigenvalue weighted by atomic mass is 10.2. The topological polar surface area (TPSA) is 115 Å². The first kappa shape index (κ1) is 20.8. The fraction of sp³-hybridized carbons (Fsp3) is 0.250. The zero-order valence-electron chi connectivity index (χ0n) is 16.8. The van der Waals surface area contributed by atoms with Gasteiger partial charge in [-0.3, -0.25) is 9.59 Å². The number of hydrogen-bond donors (Lipinski definition) is 1. The number of ether oxygens (including phenoxy) is 2. The van der Waals surface area contributed by atoms with Gasteiger partial charge in [0.15, 0.2) is 12.3 Å². The van der Waals surface area contributed by atoms with E-state index in [4.69, 9.17) is 9.47 Å². The van der Waals surface area contributed by atoms with E-state index in [1.165, 1.54) is 29.8 Å². The Labute approximate surface area is 172 Å². The maximum absolute atomic E-state index is 12.4. The lowest BCUT2D eigenvalue weighted by molar-refractivity contribution is -0.136. The van der Waals surface area contributed by atoms with Crippen molar-refractivity contribution >= 4 is 29.1 Å². The van der Waals surface area contributed by atoms with E-state index in [0.29, 0.717) is 22.8 Å². The number of aryl methyl sites for hydroxylation is 1. The summed E-state index contributed by atoms with van der Waals surface area (Å²) in [6.07, 6.45) is 3.19. The van der Waals surface area contributed by atoms with Crippen LogP contribution in [0.1, 0.15) is 16.1 Å². The minimum absolute atomic E-state index is 0.196. The fourth-order valence-corrected chi connectivity index (χ4v) is 2.75. The Morgan fingerprint density at radius 1 is 1.23 bits per heavy atom. The molecule has 3 aromatic rings. The number of likely N-dealkylation sites (N-methyl/N-ethyl adjacent to an activating group) is 1. The molecule has 2 aromatic heterocycles. The molecule has 0 bridgehead atoms. The molecule has 0 spiro atoms. The number of hydrogen-bond acceptors (Lipinski definition) is 7. The number of methoxy groups -OCH3 is 1. The molecule has 1 N–H and O–H groups in total. The molecule has 10 nitrogen and oxygen atoms in total. The number of carbonyl (C=O) groups is 3. The SMILES string of the molecule is COc1cccc(NC(=O)CN(C)C(=O)COC(=O)c2c(C)nn3cccnc23)c1. The van der Waals surface area contributed by atoms with Gasteiger partial charge < -0.3 is 19.7 Å². The van der Waals surface area contributed by atoms with Gasteiger partial charge >= 0.3 is 5.97 Å². The van der Waals surface area contributed by atoms with Crippen molar-refractivity contribution in [1.29, 1.82) is 0 Å². The van der Waals surface area contributed by atoms with E-state index in [2.05, 4.69) is 15.4 Å². The van der Waals surface area contributed by atoms with Crippen LogP contribution < -0.4 is 10.1 Å². The third-order valence-corrected chi connectivity index (χ3v) is 4.26. The zero-order chi connectivity index (χ0) is 21.7. The summed E-state index contributed by atoms with van der Waals surface area (Å²) in [6.45, 7) is 0.943. The van der Waals surface area contributed by atoms with Crippen molar-refractivity contribution in [1.82, 2.24) is 19.5 Å². The number of anilines is 1. The summed E-state index contributed by atoms with van der Waals surface area (Å²) in [5.74, 6) is -1.02. The quantitative estimate of drug-likeness (QED) is 0.583. The summed E-state index contributed by atoms with van der Waals surface area (Å²) in [7, 11) is 2.97. The van der Waals surface area contributed by atoms with Crippen LogP contribution >= 0.6 is 0 Å². The molecule has 0 aliphatic heterocycles. The molecule has 0 saturated heterocycles. The number of esters is 1. The summed E-state index contributed by atoms with van der Waals surface area (Å²) in [6, 6.07) is 8.54. The molecular weight excluding hydrogens is 390 g/mol. The van der Waals surface area contributed by atoms with Crippen molar-refractivity contribution in [2.75, 3.05) is 32.6 Å². The predicted octanol–water partition coefficient (Wildman–Crippen LogP) is 1.30. The van der Waals surface area contributed by atoms with Gasteiger partial charge in [0.2, 0.25) is 5.91 Å². The minimum atomic E-state index is -0.705. The van der Waals surface area contributed by atoms with Crippen molar-refractivity contribution < 1.29 is 23.9 Å². The van der Waals surface area contributed by atoms with E-state index in [-0.39, 0.29) is 12.1 Å². The number of benzene rings is 1. The van der Waals surface area contributed by atoms with Crippen molar-refractivity contribution in [2.24, 2.45) is 0 Å². The largest absolute Gasteiger partial charge is 0.497 e. The number of carbonyl (C=O) groups excluding carboxylic acids is 3. The van der Waals surface area contributed by atoms with E-state index in [1.54, 1.807) is 43.5 Å². The van der Waals surface area contributed by atoms with E-state index in [0.717, 1.165) is 0 Å². The van der Waals surface area contributed by atoms with Gasteiger partial charge in [-0.05, 0) is 25.1 Å². The Bertz CT molecular complexity index is 1090. The lowest BCUT2D eigenvalue weighted by Crippen LogP contribution is -2.37. The first-order chi connectivity index (χ1) is 14.4. The lowest BCUT2D eigenvalue weighted by Gasteiger charge is -2.17. The smallest absolute Gasteiger partial charge is 0.344 e. The van der Waals surface area contributed by atoms with Crippen LogP contribution in [-0.4, -0.2) is 64.6 Å². The van der Waals surface area contributed by atoms with E-state index >= 15 is 0 Å². The van der Waals surface area contributed by atoms with Gasteiger partial charge in [0.1, 0.15) is 11.3 Å². The molecule has 3 rings (SSSR count). The van der Waals surface area contributed by atoms with Crippen molar-refractivity contribution in [3.8, 4) is 5.75 Å². The van der Waals surface area contributed by atoms with Crippen LogP contribution in [0.5, 0.6) is 5.75 Å². The molecule has 0 atom stereocenters. The van der Waals surface area contributed by atoms with E-state index in [1.807, 2.05) is 0 Å². The number of nitrogens with one attached hydrogen (secondary N) is 1. The van der Waals surface area contributed by atoms with Gasteiger partial charge in [-0.25, -0.2) is 14.3 Å². The molecular formula is C20H21N5O5. The molecule has 0 aliphatic carbocycles. The van der Waals surface area contributed by atoms with E-state index in [9.17, 15) is 14.4 Å². The van der Waals surface area contributed by atoms with Crippen LogP contribution in [0.25, 0.3) is 5.65 Å². The summed E-state index contributed by atoms with van der Waals surface area (Å²) in [5, 5.41) is 6.86. The Morgan fingerprint density at radius 3 is 2.80 bits per heavy atom. The van der Waals surface area contributed by atoms with Crippen molar-refractivity contribution in [3.63, 3.8) is 0 Å². The number of nitrogens with zero attached hydrogens (tertiary/aromatic N) is 4. The second-order valence-corrected chi connectivity index (χ2v) is 6.45. The normalized spacial score (nSPS) is 10.5. The summed E-state index contributed by atoms with van der Waals surface area (Å²) < 4.78 is 11.7. The molecule has 2 amide bonds. The van der Waals surface area contributed by atoms with Crippen molar-refractivity contribution in [2.45, 2.75) is 6.92 Å². The average molecular weight is 411 g/mol. The highest BCUT2D eigenvalue weighted by Crippen LogP contribution is 2.17. The number of aromatic nitrogens is 3. The molecule has 30 heavy (non-hydrogen) atoms.